The van der Waals surface area contributed by atoms with Gasteiger partial charge in [0.25, 0.3) is 0 Å². The monoisotopic (exact) mass is 283 g/mol. The van der Waals surface area contributed by atoms with E-state index in [0.717, 1.165) is 11.3 Å². The normalized spacial score (nSPS) is 11.2. The molecule has 108 valence electrons. The second kappa shape index (κ2) is 6.56. The zero-order valence-electron chi connectivity index (χ0n) is 11.7. The highest BCUT2D eigenvalue weighted by molar-refractivity contribution is 5.97. The maximum atomic E-state index is 12.2. The third-order valence-corrected chi connectivity index (χ3v) is 3.23. The third kappa shape index (κ3) is 3.60. The number of nitrogens with two attached hydrogens (primary N) is 1. The zero-order chi connectivity index (χ0) is 15.2. The zero-order valence-corrected chi connectivity index (χ0v) is 11.7. The minimum atomic E-state index is -0.00209. The van der Waals surface area contributed by atoms with Crippen LogP contribution in [0.1, 0.15) is 11.1 Å². The van der Waals surface area contributed by atoms with E-state index >= 15 is 0 Å². The van der Waals surface area contributed by atoms with Crippen LogP contribution in [-0.4, -0.2) is 24.0 Å². The van der Waals surface area contributed by atoms with Crippen LogP contribution >= 0.6 is 0 Å². The Hall–Kier alpha value is -2.82. The van der Waals surface area contributed by atoms with Crippen LogP contribution in [0.25, 0.3) is 0 Å². The quantitative estimate of drug-likeness (QED) is 0.390. The van der Waals surface area contributed by atoms with Gasteiger partial charge in [0.1, 0.15) is 0 Å². The Morgan fingerprint density at radius 2 is 1.76 bits per heavy atom. The summed E-state index contributed by atoms with van der Waals surface area (Å²) in [6, 6.07) is 16.5. The van der Waals surface area contributed by atoms with Crippen molar-refractivity contribution in [2.24, 2.45) is 10.9 Å². The van der Waals surface area contributed by atoms with Gasteiger partial charge in [-0.05, 0) is 17.7 Å². The topological polar surface area (TPSA) is 78.9 Å². The molecule has 0 aromatic heterocycles. The van der Waals surface area contributed by atoms with E-state index in [4.69, 9.17) is 10.9 Å². The van der Waals surface area contributed by atoms with Crippen molar-refractivity contribution in [1.82, 2.24) is 0 Å². The van der Waals surface area contributed by atoms with Crippen LogP contribution in [0.2, 0.25) is 0 Å². The number of carbonyl (C=O) groups excluding carboxylic acids is 1. The van der Waals surface area contributed by atoms with Gasteiger partial charge in [-0.2, -0.15) is 0 Å². The van der Waals surface area contributed by atoms with Crippen molar-refractivity contribution in [1.29, 1.82) is 0 Å². The molecule has 0 radical (unpaired) electrons. The number of likely N-dealkylation sites (N-methyl/N-ethyl adjacent to an activating group) is 1. The first kappa shape index (κ1) is 14.6. The molecule has 0 saturated heterocycles. The molecule has 1 amide bonds. The number of hydrogen-bond donors (Lipinski definition) is 2. The fourth-order valence-electron chi connectivity index (χ4n) is 1.94. The predicted octanol–water partition coefficient (Wildman–Crippen LogP) is 1.99. The van der Waals surface area contributed by atoms with E-state index in [-0.39, 0.29) is 11.7 Å². The van der Waals surface area contributed by atoms with E-state index in [1.54, 1.807) is 36.2 Å². The smallest absolute Gasteiger partial charge is 0.231 e. The van der Waals surface area contributed by atoms with Crippen LogP contribution in [0.4, 0.5) is 5.69 Å². The van der Waals surface area contributed by atoms with Crippen molar-refractivity contribution in [3.05, 3.63) is 65.7 Å². The molecule has 5 heteroatoms. The van der Waals surface area contributed by atoms with E-state index in [2.05, 4.69) is 5.16 Å². The maximum absolute atomic E-state index is 12.2. The van der Waals surface area contributed by atoms with Gasteiger partial charge in [0, 0.05) is 18.3 Å². The lowest BCUT2D eigenvalue weighted by Gasteiger charge is -2.17. The average molecular weight is 283 g/mol. The molecule has 5 nitrogen and oxygen atoms in total. The van der Waals surface area contributed by atoms with Crippen LogP contribution in [0.15, 0.2) is 59.8 Å². The van der Waals surface area contributed by atoms with E-state index < -0.39 is 0 Å². The highest BCUT2D eigenvalue weighted by atomic mass is 16.4. The second-order valence-electron chi connectivity index (χ2n) is 4.65. The number of oxime groups is 1. The Bertz CT molecular complexity index is 636. The van der Waals surface area contributed by atoms with Crippen molar-refractivity contribution < 1.29 is 10.0 Å². The maximum Gasteiger partial charge on any atom is 0.231 e. The molecular formula is C16H17N3O2. The SMILES string of the molecule is CN(C(=O)Cc1ccc(C(N)=NO)cc1)c1ccccc1. The molecule has 2 aromatic rings. The first-order chi connectivity index (χ1) is 10.1. The third-order valence-electron chi connectivity index (χ3n) is 3.23. The molecule has 2 rings (SSSR count). The van der Waals surface area contributed by atoms with Crippen LogP contribution in [0.5, 0.6) is 0 Å². The van der Waals surface area contributed by atoms with Gasteiger partial charge in [-0.25, -0.2) is 0 Å². The second-order valence-corrected chi connectivity index (χ2v) is 4.65. The Morgan fingerprint density at radius 3 is 2.33 bits per heavy atom. The number of rotatable bonds is 4. The van der Waals surface area contributed by atoms with E-state index in [1.165, 1.54) is 0 Å². The summed E-state index contributed by atoms with van der Waals surface area (Å²) in [6.45, 7) is 0. The highest BCUT2D eigenvalue weighted by Crippen LogP contribution is 2.13. The molecule has 0 saturated carbocycles. The summed E-state index contributed by atoms with van der Waals surface area (Å²) < 4.78 is 0. The van der Waals surface area contributed by atoms with Gasteiger partial charge in [-0.1, -0.05) is 47.6 Å². The van der Waals surface area contributed by atoms with Gasteiger partial charge in [0.2, 0.25) is 5.91 Å². The summed E-state index contributed by atoms with van der Waals surface area (Å²) in [5.41, 5.74) is 7.84. The first-order valence-corrected chi connectivity index (χ1v) is 6.50. The molecule has 0 fully saturated rings. The summed E-state index contributed by atoms with van der Waals surface area (Å²) in [7, 11) is 1.75. The standard InChI is InChI=1S/C16H17N3O2/c1-19(14-5-3-2-4-6-14)15(20)11-12-7-9-13(10-8-12)16(17)18-21/h2-10,21H,11H2,1H3,(H2,17,18). The lowest BCUT2D eigenvalue weighted by atomic mass is 10.1. The minimum Gasteiger partial charge on any atom is -0.409 e. The number of amidine groups is 1. The lowest BCUT2D eigenvalue weighted by Crippen LogP contribution is -2.27. The van der Waals surface area contributed by atoms with E-state index in [0.29, 0.717) is 12.0 Å². The predicted molar refractivity (Wildman–Crippen MR) is 82.5 cm³/mol. The Balaban J connectivity index is 2.06. The van der Waals surface area contributed by atoms with Crippen LogP contribution < -0.4 is 10.6 Å². The number of benzene rings is 2. The summed E-state index contributed by atoms with van der Waals surface area (Å²) >= 11 is 0. The van der Waals surface area contributed by atoms with Crippen LogP contribution in [-0.2, 0) is 11.2 Å². The number of anilines is 1. The fraction of sp³-hybridized carbons (Fsp3) is 0.125. The minimum absolute atomic E-state index is 0.00209. The molecule has 0 unspecified atom stereocenters. The molecule has 0 atom stereocenters. The van der Waals surface area contributed by atoms with E-state index in [1.807, 2.05) is 30.3 Å². The largest absolute Gasteiger partial charge is 0.409 e. The summed E-state index contributed by atoms with van der Waals surface area (Å²) in [6.07, 6.45) is 0.293. The van der Waals surface area contributed by atoms with Crippen LogP contribution in [0.3, 0.4) is 0 Å². The van der Waals surface area contributed by atoms with Crippen molar-refractivity contribution in [2.45, 2.75) is 6.42 Å². The molecule has 0 aliphatic heterocycles. The molecular weight excluding hydrogens is 266 g/mol. The summed E-state index contributed by atoms with van der Waals surface area (Å²) in [4.78, 5) is 13.8. The Kier molecular flexibility index (Phi) is 4.56. The molecule has 3 N–H and O–H groups in total. The highest BCUT2D eigenvalue weighted by Gasteiger charge is 2.11. The number of amides is 1. The molecule has 2 aromatic carbocycles. The van der Waals surface area contributed by atoms with Gasteiger partial charge < -0.3 is 15.8 Å². The van der Waals surface area contributed by atoms with Crippen molar-refractivity contribution in [2.75, 3.05) is 11.9 Å². The lowest BCUT2D eigenvalue weighted by molar-refractivity contribution is -0.117. The van der Waals surface area contributed by atoms with Crippen LogP contribution in [0, 0.1) is 0 Å². The molecule has 0 heterocycles. The van der Waals surface area contributed by atoms with Gasteiger partial charge in [-0.15, -0.1) is 0 Å². The Morgan fingerprint density at radius 1 is 1.14 bits per heavy atom. The van der Waals surface area contributed by atoms with Crippen molar-refractivity contribution >= 4 is 17.4 Å². The molecule has 0 aliphatic rings. The van der Waals surface area contributed by atoms with Gasteiger partial charge in [0.05, 0.1) is 6.42 Å². The molecule has 0 bridgehead atoms. The van der Waals surface area contributed by atoms with Gasteiger partial charge >= 0.3 is 0 Å². The van der Waals surface area contributed by atoms with E-state index in [9.17, 15) is 4.79 Å². The fourth-order valence-corrected chi connectivity index (χ4v) is 1.94. The number of nitrogens with zero attached hydrogens (tertiary/aromatic N) is 2. The average Bonchev–Trinajstić information content (AvgIpc) is 2.55. The Labute approximate surface area is 123 Å². The number of hydrogen-bond acceptors (Lipinski definition) is 3. The molecule has 0 aliphatic carbocycles. The molecule has 21 heavy (non-hydrogen) atoms. The number of para-hydroxylation sites is 1. The van der Waals surface area contributed by atoms with Gasteiger partial charge in [-0.3, -0.25) is 4.79 Å². The van der Waals surface area contributed by atoms with Gasteiger partial charge in [0.15, 0.2) is 5.84 Å². The van der Waals surface area contributed by atoms with Crippen molar-refractivity contribution in [3.63, 3.8) is 0 Å². The number of carbonyl (C=O) groups is 1. The summed E-state index contributed by atoms with van der Waals surface area (Å²) in [5.74, 6) is 0.0482. The first-order valence-electron chi connectivity index (χ1n) is 6.50. The summed E-state index contributed by atoms with van der Waals surface area (Å²) in [5, 5.41) is 11.5. The molecule has 0 spiro atoms. The van der Waals surface area contributed by atoms with Crippen molar-refractivity contribution in [3.8, 4) is 0 Å².